The van der Waals surface area contributed by atoms with Crippen molar-refractivity contribution in [3.05, 3.63) is 41.0 Å². The number of carbonyl (C=O) groups is 2. The molecule has 0 aromatic carbocycles. The summed E-state index contributed by atoms with van der Waals surface area (Å²) in [5.41, 5.74) is 1.71. The summed E-state index contributed by atoms with van der Waals surface area (Å²) in [5.74, 6) is 2.45. The zero-order valence-corrected chi connectivity index (χ0v) is 34.6. The Morgan fingerprint density at radius 2 is 1.85 bits per heavy atom. The summed E-state index contributed by atoms with van der Waals surface area (Å²) in [6.45, 7) is 19.8. The minimum Gasteiger partial charge on any atom is -0.353 e. The van der Waals surface area contributed by atoms with Gasteiger partial charge in [-0.3, -0.25) is 19.2 Å². The molecule has 2 aliphatic carbocycles. The van der Waals surface area contributed by atoms with Gasteiger partial charge in [0, 0.05) is 66.9 Å². The van der Waals surface area contributed by atoms with E-state index in [9.17, 15) is 18.4 Å². The monoisotopic (exact) mass is 753 g/mol. The van der Waals surface area contributed by atoms with Crippen molar-refractivity contribution in [1.82, 2.24) is 34.9 Å². The van der Waals surface area contributed by atoms with Gasteiger partial charge in [-0.2, -0.15) is 10.1 Å². The second-order valence-electron chi connectivity index (χ2n) is 17.7. The molecular weight excluding hydrogens is 687 g/mol. The van der Waals surface area contributed by atoms with Gasteiger partial charge < -0.3 is 15.2 Å². The molecule has 300 valence electrons. The third-order valence-electron chi connectivity index (χ3n) is 13.3. The van der Waals surface area contributed by atoms with Gasteiger partial charge in [0.1, 0.15) is 23.9 Å². The van der Waals surface area contributed by atoms with Crippen LogP contribution in [0.4, 0.5) is 14.7 Å². The number of aromatic amines is 1. The van der Waals surface area contributed by atoms with E-state index in [1.54, 1.807) is 30.8 Å². The number of nitrogens with zero attached hydrogens (tertiary/aromatic N) is 6. The SMILES string of the molecule is CCC(C)=C(CC1C(=O)NC2CC1C2)/C(=N\c1ncc(C(C)CCC(C)(C)C(C)(F)CF)[nH]1)N1CCN(C)C2(CC2)C1.CCn1nccc1C(=O)C(C)C. The molecule has 1 spiro atoms. The number of aliphatic imine (C=N–C) groups is 1. The van der Waals surface area contributed by atoms with Crippen LogP contribution in [-0.2, 0) is 11.3 Å². The van der Waals surface area contributed by atoms with Gasteiger partial charge in [-0.1, -0.05) is 47.1 Å². The number of amides is 1. The van der Waals surface area contributed by atoms with Crippen molar-refractivity contribution in [3.63, 3.8) is 0 Å². The van der Waals surface area contributed by atoms with E-state index in [2.05, 4.69) is 58.0 Å². The predicted octanol–water partition coefficient (Wildman–Crippen LogP) is 8.21. The highest BCUT2D eigenvalue weighted by Gasteiger charge is 2.51. The molecule has 0 radical (unpaired) electrons. The smallest absolute Gasteiger partial charge is 0.229 e. The van der Waals surface area contributed by atoms with Crippen LogP contribution in [0, 0.1) is 23.2 Å². The van der Waals surface area contributed by atoms with Crippen molar-refractivity contribution in [3.8, 4) is 0 Å². The zero-order valence-electron chi connectivity index (χ0n) is 34.6. The third-order valence-corrected chi connectivity index (χ3v) is 13.3. The Hall–Kier alpha value is -3.41. The number of hydrogen-bond donors (Lipinski definition) is 2. The fraction of sp³-hybridized carbons (Fsp3) is 0.738. The first kappa shape index (κ1) is 41.7. The van der Waals surface area contributed by atoms with Crippen LogP contribution in [0.15, 0.2) is 34.6 Å². The average molecular weight is 753 g/mol. The van der Waals surface area contributed by atoms with E-state index < -0.39 is 17.8 Å². The number of rotatable bonds is 14. The normalized spacial score (nSPS) is 24.6. The lowest BCUT2D eigenvalue weighted by atomic mass is 9.66. The molecule has 5 heterocycles. The molecule has 3 unspecified atom stereocenters. The minimum absolute atomic E-state index is 0.0138. The van der Waals surface area contributed by atoms with E-state index in [0.29, 0.717) is 42.9 Å². The maximum atomic E-state index is 14.8. The molecule has 3 aliphatic heterocycles. The molecule has 5 fully saturated rings. The number of nitrogens with one attached hydrogen (secondary N) is 2. The number of amidine groups is 1. The highest BCUT2D eigenvalue weighted by Crippen LogP contribution is 2.46. The van der Waals surface area contributed by atoms with Gasteiger partial charge in [0.15, 0.2) is 5.78 Å². The lowest BCUT2D eigenvalue weighted by Crippen LogP contribution is -2.58. The van der Waals surface area contributed by atoms with Gasteiger partial charge in [0.05, 0.1) is 6.20 Å². The summed E-state index contributed by atoms with van der Waals surface area (Å²) >= 11 is 0. The number of aromatic nitrogens is 4. The quantitative estimate of drug-likeness (QED) is 0.114. The van der Waals surface area contributed by atoms with Crippen LogP contribution in [0.3, 0.4) is 0 Å². The zero-order chi connectivity index (χ0) is 39.6. The number of aryl methyl sites for hydroxylation is 1. The van der Waals surface area contributed by atoms with Crippen molar-refractivity contribution >= 4 is 23.5 Å². The lowest BCUT2D eigenvalue weighted by molar-refractivity contribution is -0.135. The Morgan fingerprint density at radius 1 is 1.15 bits per heavy atom. The number of piperazine rings is 1. The summed E-state index contributed by atoms with van der Waals surface area (Å²) < 4.78 is 29.9. The molecule has 5 aliphatic rings. The van der Waals surface area contributed by atoms with Gasteiger partial charge in [0.2, 0.25) is 11.9 Å². The number of hydrogen-bond acceptors (Lipinski definition) is 6. The molecule has 2 aromatic rings. The van der Waals surface area contributed by atoms with Crippen LogP contribution in [0.1, 0.15) is 136 Å². The summed E-state index contributed by atoms with van der Waals surface area (Å²) in [6.07, 6.45) is 11.0. The number of H-pyrrole nitrogens is 1. The maximum absolute atomic E-state index is 14.8. The van der Waals surface area contributed by atoms with Crippen LogP contribution in [0.2, 0.25) is 0 Å². The Bertz CT molecular complexity index is 1680. The van der Waals surface area contributed by atoms with Crippen LogP contribution in [0.25, 0.3) is 0 Å². The molecular formula is C42H66F2N8O2. The second kappa shape index (κ2) is 16.8. The molecule has 3 saturated heterocycles. The van der Waals surface area contributed by atoms with Crippen LogP contribution < -0.4 is 5.32 Å². The number of alkyl halides is 2. The van der Waals surface area contributed by atoms with Crippen molar-refractivity contribution in [2.75, 3.05) is 33.4 Å². The third kappa shape index (κ3) is 9.00. The molecule has 2 aromatic heterocycles. The van der Waals surface area contributed by atoms with E-state index in [0.717, 1.165) is 57.0 Å². The maximum Gasteiger partial charge on any atom is 0.229 e. The van der Waals surface area contributed by atoms with Crippen LogP contribution >= 0.6 is 0 Å². The highest BCUT2D eigenvalue weighted by atomic mass is 19.2. The first-order valence-electron chi connectivity index (χ1n) is 20.4. The second-order valence-corrected chi connectivity index (χ2v) is 17.7. The van der Waals surface area contributed by atoms with E-state index in [1.807, 2.05) is 27.0 Å². The Balaban J connectivity index is 0.000000398. The van der Waals surface area contributed by atoms with Gasteiger partial charge in [0.25, 0.3) is 0 Å². The molecule has 1 amide bonds. The molecule has 2 bridgehead atoms. The topological polar surface area (TPSA) is 112 Å². The standard InChI is InChI=1S/C33H52F2N6O.C9H14N2O/c1-8-21(2)25(17-26-23-15-24(16-23)37-29(26)42)28(41-14-13-40(7)33(20-41)11-12-33)39-30-36-18-27(38-30)22(3)9-10-31(4,5)32(6,35)19-34;1-4-11-8(5-6-10-11)9(12)7(2)3/h18,22-24,26H,8-17,19-20H2,1-7H3,(H,36,38)(H,37,42);5-7H,4H2,1-3H3/b25-21?,39-28+;. The van der Waals surface area contributed by atoms with Gasteiger partial charge in [-0.15, -0.1) is 0 Å². The van der Waals surface area contributed by atoms with Crippen molar-refractivity contribution in [1.29, 1.82) is 0 Å². The van der Waals surface area contributed by atoms with E-state index in [-0.39, 0.29) is 35.0 Å². The van der Waals surface area contributed by atoms with E-state index in [1.165, 1.54) is 30.9 Å². The number of fused-ring (bicyclic) bond motifs is 2. The average Bonchev–Trinajstić information content (AvgIpc) is 3.49. The number of ketones is 1. The number of imidazole rings is 1. The van der Waals surface area contributed by atoms with Gasteiger partial charge in [-0.25, -0.2) is 13.8 Å². The minimum atomic E-state index is -1.86. The summed E-state index contributed by atoms with van der Waals surface area (Å²) in [5, 5.41) is 7.26. The number of carbonyl (C=O) groups excluding carboxylic acids is 2. The van der Waals surface area contributed by atoms with Crippen LogP contribution in [-0.4, -0.2) is 97.7 Å². The highest BCUT2D eigenvalue weighted by molar-refractivity contribution is 6.01. The molecule has 10 nitrogen and oxygen atoms in total. The number of Topliss-reactive ketones (excluding diaryl/α,β-unsaturated/α-hetero) is 1. The molecule has 2 N–H and O–H groups in total. The summed E-state index contributed by atoms with van der Waals surface area (Å²) in [6, 6.07) is 2.13. The Morgan fingerprint density at radius 3 is 2.44 bits per heavy atom. The molecule has 7 rings (SSSR count). The first-order valence-corrected chi connectivity index (χ1v) is 20.4. The number of likely N-dealkylation sites (N-methyl/N-ethyl adjacent to an activating group) is 1. The molecule has 2 saturated carbocycles. The van der Waals surface area contributed by atoms with Crippen molar-refractivity contribution in [2.24, 2.45) is 28.2 Å². The Labute approximate surface area is 322 Å². The van der Waals surface area contributed by atoms with Crippen molar-refractivity contribution < 1.29 is 18.4 Å². The summed E-state index contributed by atoms with van der Waals surface area (Å²) in [7, 11) is 2.23. The predicted molar refractivity (Wildman–Crippen MR) is 212 cm³/mol. The number of allylic oxidation sites excluding steroid dienone is 1. The van der Waals surface area contributed by atoms with Crippen LogP contribution in [0.5, 0.6) is 0 Å². The Kier molecular flexibility index (Phi) is 13.0. The van der Waals surface area contributed by atoms with E-state index in [4.69, 9.17) is 4.99 Å². The first-order chi connectivity index (χ1) is 25.5. The summed E-state index contributed by atoms with van der Waals surface area (Å²) in [4.78, 5) is 42.9. The van der Waals surface area contributed by atoms with Gasteiger partial charge in [-0.05, 0) is 103 Å². The molecule has 12 heteroatoms. The largest absolute Gasteiger partial charge is 0.353 e. The van der Waals surface area contributed by atoms with E-state index >= 15 is 0 Å². The number of piperidine rings is 2. The number of halogens is 2. The van der Waals surface area contributed by atoms with Gasteiger partial charge >= 0.3 is 0 Å². The fourth-order valence-corrected chi connectivity index (χ4v) is 8.03. The molecule has 54 heavy (non-hydrogen) atoms. The fourth-order valence-electron chi connectivity index (χ4n) is 8.03. The lowest BCUT2D eigenvalue weighted by Gasteiger charge is -2.47. The molecule has 3 atom stereocenters. The van der Waals surface area contributed by atoms with Crippen molar-refractivity contribution in [2.45, 2.75) is 143 Å².